The quantitative estimate of drug-likeness (QED) is 0.740. The summed E-state index contributed by atoms with van der Waals surface area (Å²) in [6.07, 6.45) is 0.776. The van der Waals surface area contributed by atoms with Crippen molar-refractivity contribution in [3.63, 3.8) is 0 Å². The zero-order valence-corrected chi connectivity index (χ0v) is 12.2. The first-order chi connectivity index (χ1) is 7.25. The number of hydrogen-bond acceptors (Lipinski definition) is 2. The van der Waals surface area contributed by atoms with Crippen LogP contribution in [-0.2, 0) is 4.79 Å². The summed E-state index contributed by atoms with van der Waals surface area (Å²) in [4.78, 5) is 11.3. The van der Waals surface area contributed by atoms with Gasteiger partial charge in [-0.1, -0.05) is 41.5 Å². The second kappa shape index (κ2) is 7.21. The summed E-state index contributed by atoms with van der Waals surface area (Å²) in [5.41, 5.74) is 0. The summed E-state index contributed by atoms with van der Waals surface area (Å²) >= 11 is 1.81. The molecule has 2 unspecified atom stereocenters. The summed E-state index contributed by atoms with van der Waals surface area (Å²) in [7, 11) is 0. The van der Waals surface area contributed by atoms with Gasteiger partial charge in [-0.2, -0.15) is 11.8 Å². The molecule has 0 rings (SSSR count). The first kappa shape index (κ1) is 15.8. The highest BCUT2D eigenvalue weighted by atomic mass is 32.2. The molecule has 2 atom stereocenters. The van der Waals surface area contributed by atoms with Gasteiger partial charge >= 0.3 is 5.97 Å². The van der Waals surface area contributed by atoms with Gasteiger partial charge < -0.3 is 5.11 Å². The number of aliphatic carboxylic acids is 1. The van der Waals surface area contributed by atoms with Crippen LogP contribution in [0.25, 0.3) is 0 Å². The molecule has 0 aliphatic heterocycles. The molecule has 0 saturated carbocycles. The minimum atomic E-state index is -0.638. The number of hydrogen-bond donors (Lipinski definition) is 1. The Morgan fingerprint density at radius 1 is 1.12 bits per heavy atom. The van der Waals surface area contributed by atoms with Gasteiger partial charge in [0.2, 0.25) is 0 Å². The molecule has 0 bridgehead atoms. The summed E-state index contributed by atoms with van der Waals surface area (Å²) in [5, 5.41) is 10.1. The van der Waals surface area contributed by atoms with Crippen LogP contribution in [0.5, 0.6) is 0 Å². The normalized spacial score (nSPS) is 15.8. The number of rotatable bonds is 7. The van der Waals surface area contributed by atoms with Crippen molar-refractivity contribution >= 4 is 17.7 Å². The molecule has 0 aromatic carbocycles. The minimum absolute atomic E-state index is 0.215. The fourth-order valence-electron chi connectivity index (χ4n) is 1.91. The summed E-state index contributed by atoms with van der Waals surface area (Å²) in [6, 6.07) is 0. The Labute approximate surface area is 104 Å². The highest BCUT2D eigenvalue weighted by Gasteiger charge is 2.31. The van der Waals surface area contributed by atoms with Crippen molar-refractivity contribution in [2.24, 2.45) is 17.8 Å². The molecular weight excluding hydrogens is 220 g/mol. The topological polar surface area (TPSA) is 37.3 Å². The highest BCUT2D eigenvalue weighted by molar-refractivity contribution is 8.00. The van der Waals surface area contributed by atoms with E-state index in [9.17, 15) is 9.90 Å². The van der Waals surface area contributed by atoms with Gasteiger partial charge in [-0.05, 0) is 23.5 Å². The molecule has 0 spiro atoms. The third kappa shape index (κ3) is 5.78. The SMILES string of the molecule is CC(C)CC(C(=O)O)C(SC(C)C)C(C)C. The Morgan fingerprint density at radius 2 is 1.62 bits per heavy atom. The van der Waals surface area contributed by atoms with Crippen molar-refractivity contribution in [1.82, 2.24) is 0 Å². The van der Waals surface area contributed by atoms with Gasteiger partial charge in [0.1, 0.15) is 0 Å². The van der Waals surface area contributed by atoms with Crippen molar-refractivity contribution < 1.29 is 9.90 Å². The largest absolute Gasteiger partial charge is 0.481 e. The zero-order chi connectivity index (χ0) is 12.9. The number of carbonyl (C=O) groups is 1. The summed E-state index contributed by atoms with van der Waals surface area (Å²) in [5.74, 6) is -0.00434. The summed E-state index contributed by atoms with van der Waals surface area (Å²) in [6.45, 7) is 12.7. The predicted octanol–water partition coefficient (Wildman–Crippen LogP) is 3.90. The molecule has 1 N–H and O–H groups in total. The van der Waals surface area contributed by atoms with Crippen LogP contribution >= 0.6 is 11.8 Å². The lowest BCUT2D eigenvalue weighted by atomic mass is 9.89. The highest BCUT2D eigenvalue weighted by Crippen LogP contribution is 2.33. The van der Waals surface area contributed by atoms with Gasteiger partial charge in [0, 0.05) is 5.25 Å². The second-order valence-electron chi connectivity index (χ2n) is 5.47. The Hall–Kier alpha value is -0.180. The van der Waals surface area contributed by atoms with E-state index < -0.39 is 5.97 Å². The molecule has 0 radical (unpaired) electrons. The van der Waals surface area contributed by atoms with E-state index in [1.54, 1.807) is 11.8 Å². The van der Waals surface area contributed by atoms with Crippen LogP contribution in [-0.4, -0.2) is 21.6 Å². The molecule has 0 aliphatic carbocycles. The van der Waals surface area contributed by atoms with E-state index in [-0.39, 0.29) is 11.2 Å². The van der Waals surface area contributed by atoms with Gasteiger partial charge in [-0.3, -0.25) is 4.79 Å². The van der Waals surface area contributed by atoms with Crippen LogP contribution in [0.1, 0.15) is 48.0 Å². The van der Waals surface area contributed by atoms with E-state index in [0.717, 1.165) is 6.42 Å². The van der Waals surface area contributed by atoms with E-state index in [0.29, 0.717) is 17.1 Å². The lowest BCUT2D eigenvalue weighted by Gasteiger charge is -2.29. The lowest BCUT2D eigenvalue weighted by molar-refractivity contribution is -0.142. The van der Waals surface area contributed by atoms with Crippen molar-refractivity contribution in [3.05, 3.63) is 0 Å². The Kier molecular flexibility index (Phi) is 7.12. The van der Waals surface area contributed by atoms with E-state index in [2.05, 4.69) is 41.5 Å². The maximum absolute atomic E-state index is 11.3. The summed E-state index contributed by atoms with van der Waals surface area (Å²) < 4.78 is 0. The minimum Gasteiger partial charge on any atom is -0.481 e. The standard InChI is InChI=1S/C13H26O2S/c1-8(2)7-11(13(14)15)12(9(3)4)16-10(5)6/h8-12H,7H2,1-6H3,(H,14,15). The molecule has 0 amide bonds. The fraction of sp³-hybridized carbons (Fsp3) is 0.923. The molecule has 0 fully saturated rings. The van der Waals surface area contributed by atoms with Crippen LogP contribution in [0, 0.1) is 17.8 Å². The van der Waals surface area contributed by atoms with Crippen molar-refractivity contribution in [3.8, 4) is 0 Å². The molecule has 0 heterocycles. The van der Waals surface area contributed by atoms with Crippen LogP contribution < -0.4 is 0 Å². The van der Waals surface area contributed by atoms with E-state index in [1.807, 2.05) is 0 Å². The van der Waals surface area contributed by atoms with E-state index >= 15 is 0 Å². The fourth-order valence-corrected chi connectivity index (χ4v) is 3.27. The van der Waals surface area contributed by atoms with E-state index in [1.165, 1.54) is 0 Å². The Balaban J connectivity index is 4.72. The third-order valence-electron chi connectivity index (χ3n) is 2.53. The van der Waals surface area contributed by atoms with Crippen molar-refractivity contribution in [2.75, 3.05) is 0 Å². The van der Waals surface area contributed by atoms with Gasteiger partial charge in [0.25, 0.3) is 0 Å². The molecule has 0 saturated heterocycles. The maximum Gasteiger partial charge on any atom is 0.307 e. The third-order valence-corrected chi connectivity index (χ3v) is 4.26. The predicted molar refractivity (Wildman–Crippen MR) is 71.9 cm³/mol. The molecular formula is C13H26O2S. The smallest absolute Gasteiger partial charge is 0.307 e. The van der Waals surface area contributed by atoms with Gasteiger partial charge in [0.15, 0.2) is 0 Å². The van der Waals surface area contributed by atoms with Crippen molar-refractivity contribution in [1.29, 1.82) is 0 Å². The van der Waals surface area contributed by atoms with Crippen LogP contribution in [0.4, 0.5) is 0 Å². The monoisotopic (exact) mass is 246 g/mol. The number of thioether (sulfide) groups is 1. The van der Waals surface area contributed by atoms with Crippen LogP contribution in [0.15, 0.2) is 0 Å². The number of carboxylic acid groups (broad SMARTS) is 1. The van der Waals surface area contributed by atoms with Gasteiger partial charge in [0.05, 0.1) is 5.92 Å². The molecule has 16 heavy (non-hydrogen) atoms. The molecule has 96 valence electrons. The van der Waals surface area contributed by atoms with Gasteiger partial charge in [-0.15, -0.1) is 0 Å². The Bertz CT molecular complexity index is 212. The molecule has 2 nitrogen and oxygen atoms in total. The first-order valence-electron chi connectivity index (χ1n) is 6.14. The average Bonchev–Trinajstić information content (AvgIpc) is 2.09. The molecule has 0 aromatic rings. The Morgan fingerprint density at radius 3 is 1.88 bits per heavy atom. The molecule has 0 aliphatic rings. The van der Waals surface area contributed by atoms with E-state index in [4.69, 9.17) is 0 Å². The second-order valence-corrected chi connectivity index (χ2v) is 7.23. The van der Waals surface area contributed by atoms with Crippen molar-refractivity contribution in [2.45, 2.75) is 58.5 Å². The van der Waals surface area contributed by atoms with Crippen LogP contribution in [0.3, 0.4) is 0 Å². The van der Waals surface area contributed by atoms with Crippen LogP contribution in [0.2, 0.25) is 0 Å². The molecule has 0 aromatic heterocycles. The molecule has 3 heteroatoms. The zero-order valence-electron chi connectivity index (χ0n) is 11.4. The van der Waals surface area contributed by atoms with Gasteiger partial charge in [-0.25, -0.2) is 0 Å². The number of carboxylic acids is 1. The average molecular weight is 246 g/mol. The first-order valence-corrected chi connectivity index (χ1v) is 7.08. The maximum atomic E-state index is 11.3. The lowest BCUT2D eigenvalue weighted by Crippen LogP contribution is -2.32.